The Labute approximate surface area is 178 Å². The minimum atomic E-state index is -0.0772. The van der Waals surface area contributed by atoms with Crippen molar-refractivity contribution in [2.24, 2.45) is 13.0 Å². The number of fused-ring (bicyclic) bond motifs is 1. The van der Waals surface area contributed by atoms with Gasteiger partial charge in [-0.05, 0) is 55.0 Å². The number of methoxy groups -OCH3 is 1. The topological polar surface area (TPSA) is 69.0 Å². The predicted octanol–water partition coefficient (Wildman–Crippen LogP) is 4.41. The Morgan fingerprint density at radius 1 is 1.34 bits per heavy atom. The zero-order chi connectivity index (χ0) is 20.4. The maximum absolute atomic E-state index is 12.3. The van der Waals surface area contributed by atoms with Crippen LogP contribution in [-0.4, -0.2) is 33.5 Å². The van der Waals surface area contributed by atoms with E-state index in [1.807, 2.05) is 47.2 Å². The normalized spacial score (nSPS) is 15.8. The lowest BCUT2D eigenvalue weighted by atomic mass is 9.88. The Morgan fingerprint density at radius 2 is 2.14 bits per heavy atom. The highest BCUT2D eigenvalue weighted by Crippen LogP contribution is 2.38. The molecule has 1 amide bonds. The van der Waals surface area contributed by atoms with Crippen molar-refractivity contribution in [3.63, 3.8) is 0 Å². The molecular formula is C21H24N4O2S2. The summed E-state index contributed by atoms with van der Waals surface area (Å²) in [5, 5.41) is 14.6. The zero-order valence-corrected chi connectivity index (χ0v) is 18.4. The van der Waals surface area contributed by atoms with E-state index in [9.17, 15) is 4.79 Å². The first-order chi connectivity index (χ1) is 14.0. The van der Waals surface area contributed by atoms with Crippen molar-refractivity contribution in [3.8, 4) is 17.1 Å². The molecule has 1 N–H and O–H groups in total. The molecule has 0 saturated carbocycles. The SMILES string of the molecule is COc1ccc(NC(=O)CSc2nnc(-c3csc4c3CCC(C)C4)n2C)cc1. The fraction of sp³-hybridized carbons (Fsp3) is 0.381. The number of hydrogen-bond acceptors (Lipinski definition) is 6. The van der Waals surface area contributed by atoms with Gasteiger partial charge in [0.1, 0.15) is 5.75 Å². The van der Waals surface area contributed by atoms with Gasteiger partial charge in [0.15, 0.2) is 11.0 Å². The number of nitrogens with one attached hydrogen (secondary N) is 1. The molecule has 1 aromatic carbocycles. The molecular weight excluding hydrogens is 404 g/mol. The summed E-state index contributed by atoms with van der Waals surface area (Å²) in [7, 11) is 3.58. The molecule has 1 atom stereocenters. The molecule has 0 aliphatic heterocycles. The Hall–Kier alpha value is -2.32. The molecule has 0 bridgehead atoms. The zero-order valence-electron chi connectivity index (χ0n) is 16.8. The quantitative estimate of drug-likeness (QED) is 0.589. The molecule has 152 valence electrons. The second-order valence-electron chi connectivity index (χ2n) is 7.33. The van der Waals surface area contributed by atoms with E-state index in [4.69, 9.17) is 4.74 Å². The molecule has 29 heavy (non-hydrogen) atoms. The van der Waals surface area contributed by atoms with Gasteiger partial charge in [-0.15, -0.1) is 21.5 Å². The lowest BCUT2D eigenvalue weighted by Crippen LogP contribution is -2.14. The van der Waals surface area contributed by atoms with Crippen molar-refractivity contribution in [2.45, 2.75) is 31.3 Å². The highest BCUT2D eigenvalue weighted by molar-refractivity contribution is 7.99. The number of carbonyl (C=O) groups excluding carboxylic acids is 1. The summed E-state index contributed by atoms with van der Waals surface area (Å²) in [6.45, 7) is 2.32. The minimum Gasteiger partial charge on any atom is -0.497 e. The maximum atomic E-state index is 12.3. The highest BCUT2D eigenvalue weighted by atomic mass is 32.2. The molecule has 1 unspecified atom stereocenters. The summed E-state index contributed by atoms with van der Waals surface area (Å²) in [4.78, 5) is 13.8. The van der Waals surface area contributed by atoms with Gasteiger partial charge < -0.3 is 14.6 Å². The van der Waals surface area contributed by atoms with Crippen LogP contribution in [0.5, 0.6) is 5.75 Å². The number of amides is 1. The standard InChI is InChI=1S/C21H24N4O2S2/c1-13-4-9-16-17(11-28-18(16)10-13)20-23-24-21(25(20)2)29-12-19(26)22-14-5-7-15(27-3)8-6-14/h5-8,11,13H,4,9-10,12H2,1-3H3,(H,22,26). The van der Waals surface area contributed by atoms with Crippen LogP contribution in [0.2, 0.25) is 0 Å². The van der Waals surface area contributed by atoms with Crippen LogP contribution in [0.3, 0.4) is 0 Å². The van der Waals surface area contributed by atoms with Gasteiger partial charge >= 0.3 is 0 Å². The van der Waals surface area contributed by atoms with Crippen molar-refractivity contribution in [3.05, 3.63) is 40.1 Å². The fourth-order valence-electron chi connectivity index (χ4n) is 3.54. The van der Waals surface area contributed by atoms with Gasteiger partial charge in [0.05, 0.1) is 12.9 Å². The van der Waals surface area contributed by atoms with Crippen molar-refractivity contribution < 1.29 is 9.53 Å². The van der Waals surface area contributed by atoms with Crippen LogP contribution >= 0.6 is 23.1 Å². The number of anilines is 1. The lowest BCUT2D eigenvalue weighted by molar-refractivity contribution is -0.113. The number of thiophene rings is 1. The number of ether oxygens (including phenoxy) is 1. The predicted molar refractivity (Wildman–Crippen MR) is 118 cm³/mol. The Bertz CT molecular complexity index is 1010. The van der Waals surface area contributed by atoms with Gasteiger partial charge in [0.25, 0.3) is 0 Å². The second kappa shape index (κ2) is 8.59. The average molecular weight is 429 g/mol. The Balaban J connectivity index is 1.41. The molecule has 6 nitrogen and oxygen atoms in total. The van der Waals surface area contributed by atoms with E-state index in [0.29, 0.717) is 0 Å². The van der Waals surface area contributed by atoms with Crippen LogP contribution in [0.15, 0.2) is 34.8 Å². The summed E-state index contributed by atoms with van der Waals surface area (Å²) >= 11 is 3.22. The van der Waals surface area contributed by atoms with Gasteiger partial charge in [-0.3, -0.25) is 4.79 Å². The van der Waals surface area contributed by atoms with Crippen molar-refractivity contribution in [1.82, 2.24) is 14.8 Å². The van der Waals surface area contributed by atoms with E-state index in [2.05, 4.69) is 27.8 Å². The van der Waals surface area contributed by atoms with Gasteiger partial charge in [0.2, 0.25) is 5.91 Å². The molecule has 0 spiro atoms. The number of aromatic nitrogens is 3. The summed E-state index contributed by atoms with van der Waals surface area (Å²) < 4.78 is 7.12. The molecule has 0 saturated heterocycles. The number of carbonyl (C=O) groups is 1. The molecule has 2 heterocycles. The van der Waals surface area contributed by atoms with Gasteiger partial charge in [-0.1, -0.05) is 18.7 Å². The van der Waals surface area contributed by atoms with Crippen LogP contribution in [-0.2, 0) is 24.7 Å². The second-order valence-corrected chi connectivity index (χ2v) is 9.24. The molecule has 2 aromatic heterocycles. The molecule has 3 aromatic rings. The lowest BCUT2D eigenvalue weighted by Gasteiger charge is -2.18. The van der Waals surface area contributed by atoms with Crippen LogP contribution < -0.4 is 10.1 Å². The number of rotatable bonds is 6. The summed E-state index contributed by atoms with van der Waals surface area (Å²) in [5.74, 6) is 2.59. The van der Waals surface area contributed by atoms with E-state index in [1.54, 1.807) is 7.11 Å². The summed E-state index contributed by atoms with van der Waals surface area (Å²) in [6.07, 6.45) is 3.49. The third-order valence-electron chi connectivity index (χ3n) is 5.18. The first kappa shape index (κ1) is 20.0. The number of hydrogen-bond donors (Lipinski definition) is 1. The maximum Gasteiger partial charge on any atom is 0.234 e. The first-order valence-electron chi connectivity index (χ1n) is 9.61. The average Bonchev–Trinajstić information content (AvgIpc) is 3.29. The largest absolute Gasteiger partial charge is 0.497 e. The number of thioether (sulfide) groups is 1. The van der Waals surface area contributed by atoms with Crippen LogP contribution in [0, 0.1) is 5.92 Å². The molecule has 0 fully saturated rings. The highest BCUT2D eigenvalue weighted by Gasteiger charge is 2.23. The van der Waals surface area contributed by atoms with Crippen LogP contribution in [0.1, 0.15) is 23.8 Å². The van der Waals surface area contributed by atoms with E-state index >= 15 is 0 Å². The Morgan fingerprint density at radius 3 is 2.90 bits per heavy atom. The smallest absolute Gasteiger partial charge is 0.234 e. The molecule has 1 aliphatic rings. The summed E-state index contributed by atoms with van der Waals surface area (Å²) in [6, 6.07) is 7.28. The Kier molecular flexibility index (Phi) is 5.91. The van der Waals surface area contributed by atoms with E-state index in [1.165, 1.54) is 34.2 Å². The van der Waals surface area contributed by atoms with E-state index in [-0.39, 0.29) is 11.7 Å². The van der Waals surface area contributed by atoms with Crippen molar-refractivity contribution >= 4 is 34.7 Å². The number of nitrogens with zero attached hydrogens (tertiary/aromatic N) is 3. The monoisotopic (exact) mass is 428 g/mol. The summed E-state index contributed by atoms with van der Waals surface area (Å²) in [5.41, 5.74) is 3.37. The third kappa shape index (κ3) is 4.33. The van der Waals surface area contributed by atoms with Crippen molar-refractivity contribution in [2.75, 3.05) is 18.2 Å². The molecule has 4 rings (SSSR count). The van der Waals surface area contributed by atoms with E-state index in [0.717, 1.165) is 41.2 Å². The van der Waals surface area contributed by atoms with Gasteiger partial charge in [-0.25, -0.2) is 0 Å². The van der Waals surface area contributed by atoms with Crippen LogP contribution in [0.4, 0.5) is 5.69 Å². The minimum absolute atomic E-state index is 0.0772. The molecule has 8 heteroatoms. The van der Waals surface area contributed by atoms with Gasteiger partial charge in [-0.2, -0.15) is 0 Å². The van der Waals surface area contributed by atoms with Crippen LogP contribution in [0.25, 0.3) is 11.4 Å². The van der Waals surface area contributed by atoms with Crippen molar-refractivity contribution in [1.29, 1.82) is 0 Å². The fourth-order valence-corrected chi connectivity index (χ4v) is 5.50. The van der Waals surface area contributed by atoms with E-state index < -0.39 is 0 Å². The molecule has 1 aliphatic carbocycles. The molecule has 0 radical (unpaired) electrons. The number of benzene rings is 1. The third-order valence-corrected chi connectivity index (χ3v) is 7.26. The van der Waals surface area contributed by atoms with Gasteiger partial charge in [0, 0.05) is 28.6 Å². The first-order valence-corrected chi connectivity index (χ1v) is 11.5.